The lowest BCUT2D eigenvalue weighted by atomic mass is 9.76. The SMILES string of the molecule is CC(C)(C)OC(=O)NC(=O)OCC1CC(c2nnc(CO)s2)C1. The van der Waals surface area contributed by atoms with Gasteiger partial charge in [-0.15, -0.1) is 10.2 Å². The average Bonchev–Trinajstić information content (AvgIpc) is 2.82. The van der Waals surface area contributed by atoms with Gasteiger partial charge in [-0.1, -0.05) is 11.3 Å². The molecule has 128 valence electrons. The van der Waals surface area contributed by atoms with E-state index in [4.69, 9.17) is 14.6 Å². The largest absolute Gasteiger partial charge is 0.449 e. The van der Waals surface area contributed by atoms with Crippen LogP contribution in [0.3, 0.4) is 0 Å². The molecule has 1 aliphatic carbocycles. The highest BCUT2D eigenvalue weighted by atomic mass is 32.1. The summed E-state index contributed by atoms with van der Waals surface area (Å²) in [4.78, 5) is 22.9. The predicted octanol–water partition coefficient (Wildman–Crippen LogP) is 2.19. The molecule has 0 aliphatic heterocycles. The molecule has 2 rings (SSSR count). The molecule has 0 aromatic carbocycles. The van der Waals surface area contributed by atoms with Crippen molar-refractivity contribution in [3.05, 3.63) is 10.0 Å². The van der Waals surface area contributed by atoms with E-state index in [1.54, 1.807) is 20.8 Å². The number of alkyl carbamates (subject to hydrolysis) is 2. The minimum atomic E-state index is -0.820. The second-order valence-electron chi connectivity index (χ2n) is 6.45. The third-order valence-corrected chi connectivity index (χ3v) is 4.33. The lowest BCUT2D eigenvalue weighted by molar-refractivity contribution is 0.0479. The number of aliphatic hydroxyl groups is 1. The monoisotopic (exact) mass is 343 g/mol. The van der Waals surface area contributed by atoms with Gasteiger partial charge in [0.05, 0.1) is 13.2 Å². The minimum absolute atomic E-state index is 0.0955. The zero-order valence-corrected chi connectivity index (χ0v) is 14.2. The van der Waals surface area contributed by atoms with E-state index >= 15 is 0 Å². The fourth-order valence-corrected chi connectivity index (χ4v) is 3.01. The van der Waals surface area contributed by atoms with Crippen molar-refractivity contribution in [2.45, 2.75) is 51.7 Å². The predicted molar refractivity (Wildman–Crippen MR) is 82.0 cm³/mol. The molecule has 0 unspecified atom stereocenters. The molecular weight excluding hydrogens is 322 g/mol. The first kappa shape index (κ1) is 17.6. The molecule has 1 heterocycles. The van der Waals surface area contributed by atoms with Crippen LogP contribution in [0.15, 0.2) is 0 Å². The maximum absolute atomic E-state index is 11.5. The number of aliphatic hydroxyl groups excluding tert-OH is 1. The summed E-state index contributed by atoms with van der Waals surface area (Å²) in [7, 11) is 0. The van der Waals surface area contributed by atoms with Crippen molar-refractivity contribution in [1.29, 1.82) is 0 Å². The van der Waals surface area contributed by atoms with E-state index in [0.717, 1.165) is 17.8 Å². The van der Waals surface area contributed by atoms with Crippen molar-refractivity contribution < 1.29 is 24.2 Å². The number of hydrogen-bond acceptors (Lipinski definition) is 8. The smallest absolute Gasteiger partial charge is 0.417 e. The van der Waals surface area contributed by atoms with Crippen LogP contribution < -0.4 is 5.32 Å². The third-order valence-electron chi connectivity index (χ3n) is 3.26. The summed E-state index contributed by atoms with van der Waals surface area (Å²) in [6, 6.07) is 0. The van der Waals surface area contributed by atoms with E-state index in [1.165, 1.54) is 11.3 Å². The summed E-state index contributed by atoms with van der Waals surface area (Å²) >= 11 is 1.40. The Bertz CT molecular complexity index is 563. The van der Waals surface area contributed by atoms with Gasteiger partial charge in [0, 0.05) is 5.92 Å². The van der Waals surface area contributed by atoms with Crippen molar-refractivity contribution in [3.8, 4) is 0 Å². The van der Waals surface area contributed by atoms with Gasteiger partial charge in [-0.3, -0.25) is 0 Å². The summed E-state index contributed by atoms with van der Waals surface area (Å²) in [5.41, 5.74) is -0.666. The van der Waals surface area contributed by atoms with Crippen molar-refractivity contribution in [3.63, 3.8) is 0 Å². The third kappa shape index (κ3) is 5.43. The van der Waals surface area contributed by atoms with E-state index in [-0.39, 0.29) is 19.1 Å². The number of carbonyl (C=O) groups is 2. The molecular formula is C14H21N3O5S. The second-order valence-corrected chi connectivity index (χ2v) is 7.55. The zero-order valence-electron chi connectivity index (χ0n) is 13.4. The Hall–Kier alpha value is -1.74. The van der Waals surface area contributed by atoms with Gasteiger partial charge >= 0.3 is 12.2 Å². The van der Waals surface area contributed by atoms with Crippen LogP contribution in [-0.4, -0.2) is 39.7 Å². The van der Waals surface area contributed by atoms with E-state index in [1.807, 2.05) is 5.32 Å². The molecule has 0 atom stereocenters. The number of ether oxygens (including phenoxy) is 2. The van der Waals surface area contributed by atoms with E-state index in [2.05, 4.69) is 10.2 Å². The lowest BCUT2D eigenvalue weighted by Gasteiger charge is -2.33. The molecule has 0 spiro atoms. The highest BCUT2D eigenvalue weighted by Gasteiger charge is 2.33. The first-order chi connectivity index (χ1) is 10.8. The number of nitrogens with zero attached hydrogens (tertiary/aromatic N) is 2. The maximum Gasteiger partial charge on any atom is 0.417 e. The maximum atomic E-state index is 11.5. The van der Waals surface area contributed by atoms with Crippen LogP contribution in [0.5, 0.6) is 0 Å². The highest BCUT2D eigenvalue weighted by Crippen LogP contribution is 2.42. The van der Waals surface area contributed by atoms with Gasteiger partial charge in [-0.2, -0.15) is 0 Å². The molecule has 8 nitrogen and oxygen atoms in total. The van der Waals surface area contributed by atoms with Gasteiger partial charge in [0.1, 0.15) is 15.6 Å². The molecule has 2 amide bonds. The van der Waals surface area contributed by atoms with Crippen molar-refractivity contribution in [2.24, 2.45) is 5.92 Å². The fourth-order valence-electron chi connectivity index (χ4n) is 2.19. The second kappa shape index (κ2) is 7.22. The number of carbonyl (C=O) groups excluding carboxylic acids is 2. The minimum Gasteiger partial charge on any atom is -0.449 e. The molecule has 1 aromatic rings. The Kier molecular flexibility index (Phi) is 5.53. The lowest BCUT2D eigenvalue weighted by Crippen LogP contribution is -2.38. The van der Waals surface area contributed by atoms with Gasteiger partial charge in [-0.25, -0.2) is 14.9 Å². The molecule has 0 bridgehead atoms. The summed E-state index contributed by atoms with van der Waals surface area (Å²) in [5.74, 6) is 0.543. The molecule has 1 fully saturated rings. The molecule has 1 aromatic heterocycles. The Balaban J connectivity index is 1.64. The van der Waals surface area contributed by atoms with Crippen molar-refractivity contribution >= 4 is 23.5 Å². The first-order valence-corrected chi connectivity index (χ1v) is 8.18. The summed E-state index contributed by atoms with van der Waals surface area (Å²) < 4.78 is 9.98. The molecule has 0 radical (unpaired) electrons. The average molecular weight is 343 g/mol. The van der Waals surface area contributed by atoms with Crippen LogP contribution in [0.1, 0.15) is 49.5 Å². The van der Waals surface area contributed by atoms with E-state index in [0.29, 0.717) is 10.9 Å². The fraction of sp³-hybridized carbons (Fsp3) is 0.714. The molecule has 1 aliphatic rings. The Morgan fingerprint density at radius 3 is 2.57 bits per heavy atom. The number of rotatable bonds is 4. The van der Waals surface area contributed by atoms with E-state index in [9.17, 15) is 9.59 Å². The quantitative estimate of drug-likeness (QED) is 0.862. The van der Waals surface area contributed by atoms with Gasteiger partial charge in [0.25, 0.3) is 0 Å². The molecule has 1 saturated carbocycles. The topological polar surface area (TPSA) is 111 Å². The van der Waals surface area contributed by atoms with Crippen LogP contribution in [0.4, 0.5) is 9.59 Å². The number of nitrogens with one attached hydrogen (secondary N) is 1. The van der Waals surface area contributed by atoms with Crippen LogP contribution in [0.2, 0.25) is 0 Å². The van der Waals surface area contributed by atoms with Crippen molar-refractivity contribution in [1.82, 2.24) is 15.5 Å². The summed E-state index contributed by atoms with van der Waals surface area (Å²) in [6.45, 7) is 5.28. The number of aromatic nitrogens is 2. The molecule has 2 N–H and O–H groups in total. The Labute approximate surface area is 138 Å². The Morgan fingerprint density at radius 1 is 1.30 bits per heavy atom. The van der Waals surface area contributed by atoms with Crippen LogP contribution in [0.25, 0.3) is 0 Å². The molecule has 0 saturated heterocycles. The van der Waals surface area contributed by atoms with Crippen LogP contribution in [-0.2, 0) is 16.1 Å². The van der Waals surface area contributed by atoms with E-state index < -0.39 is 17.8 Å². The van der Waals surface area contributed by atoms with Crippen molar-refractivity contribution in [2.75, 3.05) is 6.61 Å². The number of hydrogen-bond donors (Lipinski definition) is 2. The Morgan fingerprint density at radius 2 is 2.00 bits per heavy atom. The van der Waals surface area contributed by atoms with Gasteiger partial charge in [-0.05, 0) is 39.5 Å². The van der Waals surface area contributed by atoms with Gasteiger partial charge in [0.2, 0.25) is 0 Å². The number of imide groups is 1. The van der Waals surface area contributed by atoms with Crippen LogP contribution >= 0.6 is 11.3 Å². The van der Waals surface area contributed by atoms with Gasteiger partial charge in [0.15, 0.2) is 0 Å². The summed E-state index contributed by atoms with van der Waals surface area (Å²) in [5, 5.41) is 20.4. The highest BCUT2D eigenvalue weighted by molar-refractivity contribution is 7.11. The molecule has 23 heavy (non-hydrogen) atoms. The normalized spacial score (nSPS) is 20.5. The van der Waals surface area contributed by atoms with Gasteiger partial charge < -0.3 is 14.6 Å². The van der Waals surface area contributed by atoms with Crippen LogP contribution in [0, 0.1) is 5.92 Å². The number of amides is 2. The molecule has 9 heteroatoms. The summed E-state index contributed by atoms with van der Waals surface area (Å²) in [6.07, 6.45) is 0.0695. The first-order valence-electron chi connectivity index (χ1n) is 7.36. The standard InChI is InChI=1S/C14H21N3O5S/c1-14(2,3)22-13(20)15-12(19)21-7-8-4-9(5-8)11-17-16-10(6-18)23-11/h8-9,18H,4-7H2,1-3H3,(H,15,19,20). The zero-order chi connectivity index (χ0) is 17.0.